The van der Waals surface area contributed by atoms with Crippen molar-refractivity contribution >= 4 is 23.2 Å². The van der Waals surface area contributed by atoms with Crippen LogP contribution in [-0.4, -0.2) is 39.7 Å². The van der Waals surface area contributed by atoms with Crippen molar-refractivity contribution in [3.8, 4) is 0 Å². The van der Waals surface area contributed by atoms with Crippen LogP contribution in [0.2, 0.25) is 0 Å². The van der Waals surface area contributed by atoms with Gasteiger partial charge >= 0.3 is 12.1 Å². The van der Waals surface area contributed by atoms with Gasteiger partial charge in [0, 0.05) is 12.8 Å². The highest BCUT2D eigenvalue weighted by atomic mass is 32.1. The van der Waals surface area contributed by atoms with Crippen LogP contribution < -0.4 is 11.1 Å². The van der Waals surface area contributed by atoms with Gasteiger partial charge in [0.05, 0.1) is 17.2 Å². The van der Waals surface area contributed by atoms with Gasteiger partial charge in [-0.15, -0.1) is 11.3 Å². The SMILES string of the molecule is Cc1nc(CC2CC2)sc1C(=O)NCc1ncoc1CCN.O=C(O)C(F)(F)F. The minimum absolute atomic E-state index is 0.0984. The van der Waals surface area contributed by atoms with Crippen LogP contribution in [0.4, 0.5) is 13.2 Å². The third-order valence-electron chi connectivity index (χ3n) is 3.96. The Balaban J connectivity index is 0.000000370. The highest BCUT2D eigenvalue weighted by Gasteiger charge is 2.38. The molecule has 1 aliphatic rings. The van der Waals surface area contributed by atoms with E-state index in [0.717, 1.165) is 34.5 Å². The zero-order valence-corrected chi connectivity index (χ0v) is 16.4. The number of aliphatic carboxylic acids is 1. The van der Waals surface area contributed by atoms with Gasteiger partial charge in [-0.2, -0.15) is 13.2 Å². The highest BCUT2D eigenvalue weighted by molar-refractivity contribution is 7.13. The van der Waals surface area contributed by atoms with Crippen LogP contribution in [0.15, 0.2) is 10.8 Å². The monoisotopic (exact) mass is 434 g/mol. The molecule has 0 aromatic carbocycles. The zero-order valence-electron chi connectivity index (χ0n) is 15.6. The summed E-state index contributed by atoms with van der Waals surface area (Å²) in [6.07, 6.45) is 0.504. The average molecular weight is 434 g/mol. The van der Waals surface area contributed by atoms with Crippen LogP contribution in [-0.2, 0) is 24.2 Å². The topological polar surface area (TPSA) is 131 Å². The molecule has 0 saturated heterocycles. The molecule has 0 aliphatic heterocycles. The molecule has 8 nitrogen and oxygen atoms in total. The number of hydrogen-bond donors (Lipinski definition) is 3. The number of hydrogen-bond acceptors (Lipinski definition) is 7. The van der Waals surface area contributed by atoms with E-state index < -0.39 is 12.1 Å². The molecule has 2 aromatic heterocycles. The number of nitrogens with two attached hydrogens (primary N) is 1. The minimum Gasteiger partial charge on any atom is -0.475 e. The number of oxazole rings is 1. The molecule has 1 fully saturated rings. The molecule has 2 heterocycles. The Labute approximate surface area is 168 Å². The number of carboxylic acids is 1. The van der Waals surface area contributed by atoms with Crippen LogP contribution >= 0.6 is 11.3 Å². The average Bonchev–Trinajstić information content (AvgIpc) is 3.20. The van der Waals surface area contributed by atoms with E-state index in [1.54, 1.807) is 0 Å². The quantitative estimate of drug-likeness (QED) is 0.610. The smallest absolute Gasteiger partial charge is 0.475 e. The number of alkyl halides is 3. The first-order valence-corrected chi connectivity index (χ1v) is 9.59. The normalized spacial score (nSPS) is 13.6. The Bertz CT molecular complexity index is 846. The third-order valence-corrected chi connectivity index (χ3v) is 5.14. The molecule has 0 spiro atoms. The number of rotatable bonds is 7. The number of carboxylic acid groups (broad SMARTS) is 1. The van der Waals surface area contributed by atoms with Crippen molar-refractivity contribution in [2.75, 3.05) is 6.54 Å². The third kappa shape index (κ3) is 7.13. The van der Waals surface area contributed by atoms with Crippen molar-refractivity contribution in [1.82, 2.24) is 15.3 Å². The first kappa shape index (κ1) is 22.8. The summed E-state index contributed by atoms with van der Waals surface area (Å²) in [5.74, 6) is -1.35. The zero-order chi connectivity index (χ0) is 21.6. The van der Waals surface area contributed by atoms with Crippen LogP contribution in [0.5, 0.6) is 0 Å². The van der Waals surface area contributed by atoms with Crippen molar-refractivity contribution in [2.24, 2.45) is 11.7 Å². The van der Waals surface area contributed by atoms with Gasteiger partial charge in [-0.25, -0.2) is 14.8 Å². The molecule has 3 rings (SSSR count). The predicted octanol–water partition coefficient (Wildman–Crippen LogP) is 2.46. The molecule has 0 unspecified atom stereocenters. The van der Waals surface area contributed by atoms with Gasteiger partial charge in [0.15, 0.2) is 6.39 Å². The Morgan fingerprint density at radius 3 is 2.62 bits per heavy atom. The van der Waals surface area contributed by atoms with E-state index in [9.17, 15) is 18.0 Å². The molecule has 1 aliphatic carbocycles. The number of nitrogens with zero attached hydrogens (tertiary/aromatic N) is 2. The van der Waals surface area contributed by atoms with Crippen molar-refractivity contribution in [1.29, 1.82) is 0 Å². The standard InChI is InChI=1S/C15H20N4O2S.C2HF3O2/c1-9-14(22-13(19-9)6-10-2-3-10)15(20)17-7-11-12(4-5-16)21-8-18-11;3-2(4,5)1(6)7/h8,10H,2-7,16H2,1H3,(H,17,20);(H,6,7). The van der Waals surface area contributed by atoms with Gasteiger partial charge in [-0.1, -0.05) is 0 Å². The van der Waals surface area contributed by atoms with Crippen LogP contribution in [0.25, 0.3) is 0 Å². The molecular weight excluding hydrogens is 413 g/mol. The summed E-state index contributed by atoms with van der Waals surface area (Å²) in [5.41, 5.74) is 7.06. The molecule has 29 heavy (non-hydrogen) atoms. The van der Waals surface area contributed by atoms with E-state index in [1.807, 2.05) is 6.92 Å². The van der Waals surface area contributed by atoms with Crippen molar-refractivity contribution in [3.05, 3.63) is 33.4 Å². The van der Waals surface area contributed by atoms with Gasteiger partial charge in [0.25, 0.3) is 5.91 Å². The van der Waals surface area contributed by atoms with Gasteiger partial charge in [0.1, 0.15) is 16.3 Å². The lowest BCUT2D eigenvalue weighted by Gasteiger charge is -2.03. The molecule has 2 aromatic rings. The second kappa shape index (κ2) is 9.83. The summed E-state index contributed by atoms with van der Waals surface area (Å²) < 4.78 is 37.0. The van der Waals surface area contributed by atoms with E-state index in [1.165, 1.54) is 30.6 Å². The maximum absolute atomic E-state index is 12.3. The molecule has 0 bridgehead atoms. The van der Waals surface area contributed by atoms with E-state index in [0.29, 0.717) is 24.4 Å². The second-order valence-electron chi connectivity index (χ2n) is 6.42. The van der Waals surface area contributed by atoms with Gasteiger partial charge in [0.2, 0.25) is 0 Å². The van der Waals surface area contributed by atoms with Crippen LogP contribution in [0.1, 0.15) is 44.7 Å². The number of carbonyl (C=O) groups excluding carboxylic acids is 1. The lowest BCUT2D eigenvalue weighted by Crippen LogP contribution is -2.23. The van der Waals surface area contributed by atoms with E-state index in [-0.39, 0.29) is 5.91 Å². The van der Waals surface area contributed by atoms with Gasteiger partial charge in [-0.3, -0.25) is 4.79 Å². The second-order valence-corrected chi connectivity index (χ2v) is 7.50. The molecule has 12 heteroatoms. The van der Waals surface area contributed by atoms with E-state index in [4.69, 9.17) is 20.1 Å². The van der Waals surface area contributed by atoms with Crippen molar-refractivity contribution in [3.63, 3.8) is 0 Å². The lowest BCUT2D eigenvalue weighted by molar-refractivity contribution is -0.192. The van der Waals surface area contributed by atoms with Crippen molar-refractivity contribution < 1.29 is 32.3 Å². The number of aromatic nitrogens is 2. The molecular formula is C17H21F3N4O4S. The molecule has 0 radical (unpaired) electrons. The lowest BCUT2D eigenvalue weighted by atomic mass is 10.2. The molecule has 1 saturated carbocycles. The number of nitrogens with one attached hydrogen (secondary N) is 1. The first-order valence-electron chi connectivity index (χ1n) is 8.77. The summed E-state index contributed by atoms with van der Waals surface area (Å²) in [7, 11) is 0. The molecule has 160 valence electrons. The van der Waals surface area contributed by atoms with Gasteiger partial charge < -0.3 is 20.6 Å². The van der Waals surface area contributed by atoms with E-state index >= 15 is 0 Å². The number of thiazole rings is 1. The fourth-order valence-corrected chi connectivity index (χ4v) is 3.43. The summed E-state index contributed by atoms with van der Waals surface area (Å²) in [6, 6.07) is 0. The molecule has 4 N–H and O–H groups in total. The number of halogens is 3. The van der Waals surface area contributed by atoms with Crippen LogP contribution in [0, 0.1) is 12.8 Å². The fraction of sp³-hybridized carbons (Fsp3) is 0.529. The minimum atomic E-state index is -5.08. The fourth-order valence-electron chi connectivity index (χ4n) is 2.34. The molecule has 0 atom stereocenters. The summed E-state index contributed by atoms with van der Waals surface area (Å²) in [4.78, 5) is 30.5. The number of aryl methyl sites for hydroxylation is 1. The molecule has 1 amide bonds. The Morgan fingerprint density at radius 2 is 2.07 bits per heavy atom. The maximum Gasteiger partial charge on any atom is 0.490 e. The Kier molecular flexibility index (Phi) is 7.73. The summed E-state index contributed by atoms with van der Waals surface area (Å²) >= 11 is 1.50. The summed E-state index contributed by atoms with van der Waals surface area (Å²) in [6.45, 7) is 2.73. The van der Waals surface area contributed by atoms with Crippen molar-refractivity contribution in [2.45, 2.75) is 45.3 Å². The highest BCUT2D eigenvalue weighted by Crippen LogP contribution is 2.34. The Morgan fingerprint density at radius 1 is 1.41 bits per heavy atom. The number of amides is 1. The first-order chi connectivity index (χ1) is 13.6. The van der Waals surface area contributed by atoms with Crippen LogP contribution in [0.3, 0.4) is 0 Å². The van der Waals surface area contributed by atoms with E-state index in [2.05, 4.69) is 15.3 Å². The summed E-state index contributed by atoms with van der Waals surface area (Å²) in [5, 5.41) is 11.1. The number of carbonyl (C=O) groups is 2. The largest absolute Gasteiger partial charge is 0.490 e. The van der Waals surface area contributed by atoms with Gasteiger partial charge in [-0.05, 0) is 32.2 Å². The maximum atomic E-state index is 12.3. The Hall–Kier alpha value is -2.47. The predicted molar refractivity (Wildman–Crippen MR) is 97.4 cm³/mol.